The first-order chi connectivity index (χ1) is 4.81. The number of hydrogen-bond donors (Lipinski definition) is 0. The Morgan fingerprint density at radius 1 is 1.50 bits per heavy atom. The van der Waals surface area contributed by atoms with E-state index in [0.717, 1.165) is 12.8 Å². The molecule has 58 valence electrons. The van der Waals surface area contributed by atoms with Gasteiger partial charge in [0.15, 0.2) is 0 Å². The fourth-order valence-corrected chi connectivity index (χ4v) is 1.05. The lowest BCUT2D eigenvalue weighted by atomic mass is 10.1. The summed E-state index contributed by atoms with van der Waals surface area (Å²) < 4.78 is 0. The summed E-state index contributed by atoms with van der Waals surface area (Å²) in [6.07, 6.45) is 4.87. The van der Waals surface area contributed by atoms with E-state index >= 15 is 0 Å². The van der Waals surface area contributed by atoms with E-state index in [1.165, 1.54) is 12.8 Å². The molecule has 0 aliphatic carbocycles. The second-order valence-electron chi connectivity index (χ2n) is 2.44. The molecule has 0 saturated heterocycles. The Kier molecular flexibility index (Phi) is 6.74. The number of nitriles is 1. The molecule has 1 nitrogen and oxygen atoms in total. The lowest BCUT2D eigenvalue weighted by Gasteiger charge is -2.03. The van der Waals surface area contributed by atoms with Crippen LogP contribution in [-0.2, 0) is 0 Å². The van der Waals surface area contributed by atoms with Gasteiger partial charge >= 0.3 is 0 Å². The molecule has 1 unspecified atom stereocenters. The van der Waals surface area contributed by atoms with Gasteiger partial charge in [0.1, 0.15) is 0 Å². The third kappa shape index (κ3) is 5.91. The minimum absolute atomic E-state index is 0.222. The molecule has 0 saturated carbocycles. The third-order valence-electron chi connectivity index (χ3n) is 1.44. The van der Waals surface area contributed by atoms with Gasteiger partial charge in [-0.05, 0) is 12.8 Å². The van der Waals surface area contributed by atoms with Gasteiger partial charge in [-0.3, -0.25) is 0 Å². The molecule has 0 N–H and O–H groups in total. The highest BCUT2D eigenvalue weighted by molar-refractivity contribution is 6.20. The van der Waals surface area contributed by atoms with Crippen molar-refractivity contribution in [2.75, 3.05) is 0 Å². The quantitative estimate of drug-likeness (QED) is 0.566. The van der Waals surface area contributed by atoms with Crippen molar-refractivity contribution < 1.29 is 0 Å². The monoisotopic (exact) mass is 159 g/mol. The van der Waals surface area contributed by atoms with Gasteiger partial charge < -0.3 is 0 Å². The maximum Gasteiger partial charge on any atom is 0.0622 e. The van der Waals surface area contributed by atoms with Gasteiger partial charge in [0, 0.05) is 11.8 Å². The minimum atomic E-state index is 0.222. The molecule has 0 rings (SSSR count). The zero-order chi connectivity index (χ0) is 7.82. The summed E-state index contributed by atoms with van der Waals surface area (Å²) in [6, 6.07) is 2.09. The van der Waals surface area contributed by atoms with Gasteiger partial charge in [-0.1, -0.05) is 19.8 Å². The maximum atomic E-state index is 8.23. The van der Waals surface area contributed by atoms with E-state index in [2.05, 4.69) is 13.0 Å². The van der Waals surface area contributed by atoms with Crippen molar-refractivity contribution in [3.8, 4) is 6.07 Å². The van der Waals surface area contributed by atoms with Crippen molar-refractivity contribution in [2.45, 2.75) is 44.4 Å². The number of unbranched alkanes of at least 4 members (excludes halogenated alkanes) is 1. The van der Waals surface area contributed by atoms with Crippen molar-refractivity contribution in [2.24, 2.45) is 0 Å². The number of nitrogens with zero attached hydrogens (tertiary/aromatic N) is 1. The van der Waals surface area contributed by atoms with Crippen molar-refractivity contribution in [3.05, 3.63) is 0 Å². The van der Waals surface area contributed by atoms with Crippen LogP contribution in [-0.4, -0.2) is 5.38 Å². The summed E-state index contributed by atoms with van der Waals surface area (Å²) >= 11 is 5.89. The van der Waals surface area contributed by atoms with Crippen molar-refractivity contribution in [1.29, 1.82) is 5.26 Å². The molecule has 0 aromatic rings. The highest BCUT2D eigenvalue weighted by Gasteiger charge is 2.01. The molecule has 10 heavy (non-hydrogen) atoms. The predicted octanol–water partition coefficient (Wildman–Crippen LogP) is 3.09. The molecule has 0 fully saturated rings. The van der Waals surface area contributed by atoms with Gasteiger partial charge in [-0.15, -0.1) is 11.6 Å². The number of halogens is 1. The van der Waals surface area contributed by atoms with Crippen molar-refractivity contribution in [3.63, 3.8) is 0 Å². The van der Waals surface area contributed by atoms with E-state index in [4.69, 9.17) is 16.9 Å². The fraction of sp³-hybridized carbons (Fsp3) is 0.875. The third-order valence-corrected chi connectivity index (χ3v) is 1.88. The smallest absolute Gasteiger partial charge is 0.0622 e. The van der Waals surface area contributed by atoms with Crippen LogP contribution in [0.5, 0.6) is 0 Å². The van der Waals surface area contributed by atoms with Crippen LogP contribution in [0.1, 0.15) is 39.0 Å². The predicted molar refractivity (Wildman–Crippen MR) is 44.0 cm³/mol. The van der Waals surface area contributed by atoms with Gasteiger partial charge in [-0.25, -0.2) is 0 Å². The molecule has 0 spiro atoms. The average molecular weight is 160 g/mol. The Morgan fingerprint density at radius 2 is 2.20 bits per heavy atom. The zero-order valence-corrected chi connectivity index (χ0v) is 7.19. The molecule has 0 aliphatic rings. The highest BCUT2D eigenvalue weighted by Crippen LogP contribution is 2.12. The number of alkyl halides is 1. The van der Waals surface area contributed by atoms with Crippen LogP contribution < -0.4 is 0 Å². The summed E-state index contributed by atoms with van der Waals surface area (Å²) in [5.41, 5.74) is 0. The lowest BCUT2D eigenvalue weighted by Crippen LogP contribution is -1.96. The molecule has 0 aromatic carbocycles. The van der Waals surface area contributed by atoms with Crippen molar-refractivity contribution >= 4 is 11.6 Å². The standard InChI is InChI=1S/C8H14ClN/c1-2-3-5-8(9)6-4-7-10/h8H,2-6H2,1H3. The van der Waals surface area contributed by atoms with E-state index in [0.29, 0.717) is 6.42 Å². The molecule has 0 radical (unpaired) electrons. The Morgan fingerprint density at radius 3 is 2.70 bits per heavy atom. The van der Waals surface area contributed by atoms with E-state index < -0.39 is 0 Å². The molecule has 0 amide bonds. The number of hydrogen-bond acceptors (Lipinski definition) is 1. The fourth-order valence-electron chi connectivity index (χ4n) is 0.791. The first-order valence-electron chi connectivity index (χ1n) is 3.82. The van der Waals surface area contributed by atoms with Gasteiger partial charge in [0.2, 0.25) is 0 Å². The summed E-state index contributed by atoms with van der Waals surface area (Å²) in [5, 5.41) is 8.45. The normalized spacial score (nSPS) is 12.5. The first kappa shape index (κ1) is 9.78. The Bertz CT molecular complexity index is 106. The van der Waals surface area contributed by atoms with E-state index in [-0.39, 0.29) is 5.38 Å². The first-order valence-corrected chi connectivity index (χ1v) is 4.26. The van der Waals surface area contributed by atoms with Gasteiger partial charge in [0.25, 0.3) is 0 Å². The zero-order valence-electron chi connectivity index (χ0n) is 6.44. The van der Waals surface area contributed by atoms with Crippen LogP contribution in [0.15, 0.2) is 0 Å². The molecule has 0 bridgehead atoms. The van der Waals surface area contributed by atoms with Gasteiger partial charge in [0.05, 0.1) is 6.07 Å². The van der Waals surface area contributed by atoms with Crippen LogP contribution in [0.4, 0.5) is 0 Å². The summed E-state index contributed by atoms with van der Waals surface area (Å²) in [5.74, 6) is 0. The Balaban J connectivity index is 3.10. The molecular formula is C8H14ClN. The minimum Gasteiger partial charge on any atom is -0.198 e. The average Bonchev–Trinajstić information content (AvgIpc) is 1.97. The van der Waals surface area contributed by atoms with E-state index in [1.807, 2.05) is 0 Å². The molecule has 1 atom stereocenters. The summed E-state index contributed by atoms with van der Waals surface area (Å²) in [6.45, 7) is 2.15. The van der Waals surface area contributed by atoms with Crippen LogP contribution in [0.3, 0.4) is 0 Å². The van der Waals surface area contributed by atoms with Crippen molar-refractivity contribution in [1.82, 2.24) is 0 Å². The highest BCUT2D eigenvalue weighted by atomic mass is 35.5. The molecule has 0 aliphatic heterocycles. The van der Waals surface area contributed by atoms with Crippen LogP contribution in [0.2, 0.25) is 0 Å². The van der Waals surface area contributed by atoms with E-state index in [9.17, 15) is 0 Å². The van der Waals surface area contributed by atoms with E-state index in [1.54, 1.807) is 0 Å². The largest absolute Gasteiger partial charge is 0.198 e. The maximum absolute atomic E-state index is 8.23. The Labute approximate surface area is 68.0 Å². The van der Waals surface area contributed by atoms with Crippen LogP contribution in [0.25, 0.3) is 0 Å². The molecule has 0 aromatic heterocycles. The van der Waals surface area contributed by atoms with Crippen LogP contribution >= 0.6 is 11.6 Å². The summed E-state index contributed by atoms with van der Waals surface area (Å²) in [7, 11) is 0. The molecule has 0 heterocycles. The topological polar surface area (TPSA) is 23.8 Å². The summed E-state index contributed by atoms with van der Waals surface area (Å²) in [4.78, 5) is 0. The Hall–Kier alpha value is -0.220. The van der Waals surface area contributed by atoms with Gasteiger partial charge in [-0.2, -0.15) is 5.26 Å². The second kappa shape index (κ2) is 6.89. The number of rotatable bonds is 5. The SMILES string of the molecule is CCCCC(Cl)CCC#N. The lowest BCUT2D eigenvalue weighted by molar-refractivity contribution is 0.647. The molecule has 2 heteroatoms. The van der Waals surface area contributed by atoms with Crippen LogP contribution in [0, 0.1) is 11.3 Å². The molecular weight excluding hydrogens is 146 g/mol. The second-order valence-corrected chi connectivity index (χ2v) is 3.05.